The van der Waals surface area contributed by atoms with Crippen LogP contribution in [0.1, 0.15) is 21.5 Å². The molecule has 0 atom stereocenters. The Kier molecular flexibility index (Phi) is 9.38. The van der Waals surface area contributed by atoms with Crippen LogP contribution in [0, 0.1) is 0 Å². The molecule has 3 aromatic carbocycles. The lowest BCUT2D eigenvalue weighted by molar-refractivity contribution is -0.118. The van der Waals surface area contributed by atoms with Crippen molar-refractivity contribution in [3.05, 3.63) is 86.8 Å². The summed E-state index contributed by atoms with van der Waals surface area (Å²) in [4.78, 5) is 23.9. The molecule has 34 heavy (non-hydrogen) atoms. The number of carboxylic acid groups (broad SMARTS) is 1. The Morgan fingerprint density at radius 3 is 2.50 bits per heavy atom. The SMILES string of the molecule is COc1cc(/C=N\NC(=O)CSc2ccc(Cl)cc2)cc(Br)c1OCc1ccc(C(=O)O)cc1. The largest absolute Gasteiger partial charge is 0.493 e. The maximum absolute atomic E-state index is 12.0. The number of carbonyl (C=O) groups excluding carboxylic acids is 1. The van der Waals surface area contributed by atoms with Gasteiger partial charge in [0.05, 0.1) is 29.1 Å². The Labute approximate surface area is 214 Å². The second kappa shape index (κ2) is 12.5. The summed E-state index contributed by atoms with van der Waals surface area (Å²) in [7, 11) is 1.52. The fourth-order valence-corrected chi connectivity index (χ4v) is 4.14. The fourth-order valence-electron chi connectivity index (χ4n) is 2.74. The lowest BCUT2D eigenvalue weighted by Crippen LogP contribution is -2.19. The first-order valence-corrected chi connectivity index (χ1v) is 12.0. The van der Waals surface area contributed by atoms with Gasteiger partial charge in [-0.25, -0.2) is 10.2 Å². The number of thioether (sulfide) groups is 1. The molecule has 0 unspecified atom stereocenters. The van der Waals surface area contributed by atoms with Crippen LogP contribution in [0.3, 0.4) is 0 Å². The zero-order valence-electron chi connectivity index (χ0n) is 18.0. The van der Waals surface area contributed by atoms with Crippen molar-refractivity contribution in [2.75, 3.05) is 12.9 Å². The molecule has 1 amide bonds. The van der Waals surface area contributed by atoms with Crippen LogP contribution in [-0.4, -0.2) is 36.1 Å². The van der Waals surface area contributed by atoms with Crippen LogP contribution >= 0.6 is 39.3 Å². The number of hydrazone groups is 1. The van der Waals surface area contributed by atoms with E-state index in [9.17, 15) is 9.59 Å². The van der Waals surface area contributed by atoms with E-state index in [-0.39, 0.29) is 23.8 Å². The van der Waals surface area contributed by atoms with Crippen molar-refractivity contribution in [2.24, 2.45) is 5.10 Å². The van der Waals surface area contributed by atoms with E-state index >= 15 is 0 Å². The second-order valence-corrected chi connectivity index (χ2v) is 9.20. The molecule has 0 aromatic heterocycles. The summed E-state index contributed by atoms with van der Waals surface area (Å²) < 4.78 is 12.0. The predicted octanol–water partition coefficient (Wildman–Crippen LogP) is 5.63. The summed E-state index contributed by atoms with van der Waals surface area (Å²) in [5, 5.41) is 13.6. The number of rotatable bonds is 10. The molecule has 2 N–H and O–H groups in total. The number of benzene rings is 3. The van der Waals surface area contributed by atoms with Crippen LogP contribution in [0.15, 0.2) is 75.1 Å². The molecule has 0 radical (unpaired) electrons. The molecule has 0 saturated carbocycles. The number of nitrogens with zero attached hydrogens (tertiary/aromatic N) is 1. The molecule has 7 nitrogen and oxygen atoms in total. The number of hydrogen-bond donors (Lipinski definition) is 2. The highest BCUT2D eigenvalue weighted by atomic mass is 79.9. The van der Waals surface area contributed by atoms with Gasteiger partial charge in [0.25, 0.3) is 0 Å². The van der Waals surface area contributed by atoms with Gasteiger partial charge in [0, 0.05) is 9.92 Å². The predicted molar refractivity (Wildman–Crippen MR) is 136 cm³/mol. The second-order valence-electron chi connectivity index (χ2n) is 6.86. The van der Waals surface area contributed by atoms with Crippen LogP contribution in [0.25, 0.3) is 0 Å². The number of aromatic carboxylic acids is 1. The number of nitrogens with one attached hydrogen (secondary N) is 1. The van der Waals surface area contributed by atoms with E-state index < -0.39 is 5.97 Å². The lowest BCUT2D eigenvalue weighted by Gasteiger charge is -2.13. The molecule has 0 aliphatic heterocycles. The smallest absolute Gasteiger partial charge is 0.335 e. The molecule has 3 rings (SSSR count). The molecule has 3 aromatic rings. The van der Waals surface area contributed by atoms with Crippen LogP contribution in [0.2, 0.25) is 5.02 Å². The van der Waals surface area contributed by atoms with Crippen molar-refractivity contribution >= 4 is 57.4 Å². The minimum Gasteiger partial charge on any atom is -0.493 e. The van der Waals surface area contributed by atoms with Gasteiger partial charge in [-0.05, 0) is 75.6 Å². The van der Waals surface area contributed by atoms with E-state index in [1.54, 1.807) is 36.4 Å². The van der Waals surface area contributed by atoms with Gasteiger partial charge < -0.3 is 14.6 Å². The molecule has 176 valence electrons. The van der Waals surface area contributed by atoms with E-state index in [1.807, 2.05) is 12.1 Å². The van der Waals surface area contributed by atoms with E-state index in [2.05, 4.69) is 26.5 Å². The van der Waals surface area contributed by atoms with Gasteiger partial charge in [-0.15, -0.1) is 11.8 Å². The highest BCUT2D eigenvalue weighted by Crippen LogP contribution is 2.36. The number of ether oxygens (including phenoxy) is 2. The Bertz CT molecular complexity index is 1190. The van der Waals surface area contributed by atoms with Gasteiger partial charge in [0.2, 0.25) is 5.91 Å². The van der Waals surface area contributed by atoms with Crippen LogP contribution in [0.5, 0.6) is 11.5 Å². The van der Waals surface area contributed by atoms with E-state index in [1.165, 1.54) is 37.2 Å². The summed E-state index contributed by atoms with van der Waals surface area (Å²) in [5.41, 5.74) is 4.20. The normalized spacial score (nSPS) is 10.8. The molecule has 0 bridgehead atoms. The third kappa shape index (κ3) is 7.51. The third-order valence-electron chi connectivity index (χ3n) is 4.42. The molecule has 0 heterocycles. The van der Waals surface area contributed by atoms with Crippen molar-refractivity contribution in [2.45, 2.75) is 11.5 Å². The molecule has 10 heteroatoms. The zero-order valence-corrected chi connectivity index (χ0v) is 21.1. The van der Waals surface area contributed by atoms with Crippen LogP contribution < -0.4 is 14.9 Å². The average Bonchev–Trinajstić information content (AvgIpc) is 2.83. The topological polar surface area (TPSA) is 97.2 Å². The third-order valence-corrected chi connectivity index (χ3v) is 6.28. The Balaban J connectivity index is 1.57. The number of carboxylic acids is 1. The highest BCUT2D eigenvalue weighted by molar-refractivity contribution is 9.10. The van der Waals surface area contributed by atoms with Gasteiger partial charge in [-0.3, -0.25) is 4.79 Å². The quantitative estimate of drug-likeness (QED) is 0.188. The van der Waals surface area contributed by atoms with Crippen molar-refractivity contribution in [1.82, 2.24) is 5.43 Å². The van der Waals surface area contributed by atoms with E-state index in [0.717, 1.165) is 10.5 Å². The van der Waals surface area contributed by atoms with Crippen LogP contribution in [0.4, 0.5) is 0 Å². The van der Waals surface area contributed by atoms with Gasteiger partial charge >= 0.3 is 5.97 Å². The number of methoxy groups -OCH3 is 1. The first-order valence-electron chi connectivity index (χ1n) is 9.88. The fraction of sp³-hybridized carbons (Fsp3) is 0.125. The minimum absolute atomic E-state index is 0.210. The van der Waals surface area contributed by atoms with Gasteiger partial charge in [0.15, 0.2) is 11.5 Å². The number of hydrogen-bond acceptors (Lipinski definition) is 6. The zero-order chi connectivity index (χ0) is 24.5. The van der Waals surface area contributed by atoms with Crippen molar-refractivity contribution in [3.63, 3.8) is 0 Å². The summed E-state index contributed by atoms with van der Waals surface area (Å²) in [6, 6.07) is 17.2. The monoisotopic (exact) mass is 562 g/mol. The molecular weight excluding hydrogens is 544 g/mol. The lowest BCUT2D eigenvalue weighted by atomic mass is 10.1. The van der Waals surface area contributed by atoms with E-state index in [4.69, 9.17) is 26.2 Å². The first kappa shape index (κ1) is 25.6. The van der Waals surface area contributed by atoms with Gasteiger partial charge in [0.1, 0.15) is 6.61 Å². The number of carbonyl (C=O) groups is 2. The number of amides is 1. The molecule has 0 aliphatic rings. The summed E-state index contributed by atoms with van der Waals surface area (Å²) in [6.07, 6.45) is 1.51. The molecule has 0 fully saturated rings. The Morgan fingerprint density at radius 1 is 1.15 bits per heavy atom. The minimum atomic E-state index is -0.981. The summed E-state index contributed by atoms with van der Waals surface area (Å²) >= 11 is 10.7. The molecule has 0 saturated heterocycles. The average molecular weight is 564 g/mol. The van der Waals surface area contributed by atoms with Crippen molar-refractivity contribution in [1.29, 1.82) is 0 Å². The molecule has 0 spiro atoms. The summed E-state index contributed by atoms with van der Waals surface area (Å²) in [5.74, 6) is -0.0404. The van der Waals surface area contributed by atoms with Gasteiger partial charge in [-0.2, -0.15) is 5.10 Å². The van der Waals surface area contributed by atoms with Crippen molar-refractivity contribution < 1.29 is 24.2 Å². The summed E-state index contributed by atoms with van der Waals surface area (Å²) in [6.45, 7) is 0.226. The van der Waals surface area contributed by atoms with E-state index in [0.29, 0.717) is 26.6 Å². The molecule has 0 aliphatic carbocycles. The first-order chi connectivity index (χ1) is 16.4. The number of halogens is 2. The highest BCUT2D eigenvalue weighted by Gasteiger charge is 2.12. The standard InChI is InChI=1S/C24H20BrClN2O5S/c1-32-21-11-16(12-27-28-22(29)14-34-19-8-6-18(26)7-9-19)10-20(25)23(21)33-13-15-2-4-17(5-3-15)24(30)31/h2-12H,13-14H2,1H3,(H,28,29)(H,30,31)/b27-12-. The van der Waals surface area contributed by atoms with Gasteiger partial charge in [-0.1, -0.05) is 23.7 Å². The maximum Gasteiger partial charge on any atom is 0.335 e. The Morgan fingerprint density at radius 2 is 1.85 bits per heavy atom. The molecular formula is C24H20BrClN2O5S. The maximum atomic E-state index is 12.0. The Hall–Kier alpha value is -3.01. The van der Waals surface area contributed by atoms with Crippen LogP contribution in [-0.2, 0) is 11.4 Å². The van der Waals surface area contributed by atoms with Crippen molar-refractivity contribution in [3.8, 4) is 11.5 Å².